The van der Waals surface area contributed by atoms with E-state index in [2.05, 4.69) is 22.8 Å². The van der Waals surface area contributed by atoms with Crippen molar-refractivity contribution in [3.63, 3.8) is 0 Å². The molecule has 0 saturated carbocycles. The van der Waals surface area contributed by atoms with Crippen molar-refractivity contribution in [1.29, 1.82) is 0 Å². The Bertz CT molecular complexity index is 1010. The molecule has 5 heteroatoms. The normalized spacial score (nSPS) is 19.0. The molecule has 4 nitrogen and oxygen atoms in total. The van der Waals surface area contributed by atoms with Crippen LogP contribution in [0.5, 0.6) is 0 Å². The van der Waals surface area contributed by atoms with Crippen molar-refractivity contribution < 1.29 is 9.59 Å². The van der Waals surface area contributed by atoms with Crippen LogP contribution in [-0.2, 0) is 9.59 Å². The molecule has 2 aromatic carbocycles. The van der Waals surface area contributed by atoms with Gasteiger partial charge in [0.2, 0.25) is 0 Å². The van der Waals surface area contributed by atoms with Gasteiger partial charge in [0.15, 0.2) is 5.78 Å². The zero-order valence-electron chi connectivity index (χ0n) is 16.6. The summed E-state index contributed by atoms with van der Waals surface area (Å²) < 4.78 is 0. The van der Waals surface area contributed by atoms with Crippen LogP contribution in [0.4, 0.5) is 5.69 Å². The molecule has 1 aliphatic carbocycles. The number of carbonyl (C=O) groups excluding carboxylic acids is 2. The number of anilines is 1. The fourth-order valence-corrected chi connectivity index (χ4v) is 4.54. The Labute approximate surface area is 175 Å². The molecule has 0 aromatic heterocycles. The number of hydrogen-bond donors (Lipinski definition) is 2. The number of nitrogens with one attached hydrogen (secondary N) is 2. The minimum absolute atomic E-state index is 0.134. The summed E-state index contributed by atoms with van der Waals surface area (Å²) in [5, 5.41) is 6.36. The third-order valence-corrected chi connectivity index (χ3v) is 6.24. The average Bonchev–Trinajstić information content (AvgIpc) is 2.73. The van der Waals surface area contributed by atoms with Gasteiger partial charge in [-0.25, -0.2) is 0 Å². The number of rotatable bonds is 4. The van der Waals surface area contributed by atoms with Gasteiger partial charge < -0.3 is 10.6 Å². The van der Waals surface area contributed by atoms with E-state index in [1.54, 1.807) is 11.8 Å². The highest BCUT2D eigenvalue weighted by atomic mass is 32.2. The quantitative estimate of drug-likeness (QED) is 0.703. The first-order chi connectivity index (χ1) is 14.1. The fourth-order valence-electron chi connectivity index (χ4n) is 4.13. The lowest BCUT2D eigenvalue weighted by atomic mass is 9.75. The Kier molecular flexibility index (Phi) is 5.58. The number of allylic oxidation sites excluding steroid dienone is 3. The number of thioether (sulfide) groups is 1. The Morgan fingerprint density at radius 1 is 1.07 bits per heavy atom. The van der Waals surface area contributed by atoms with Crippen LogP contribution in [0.25, 0.3) is 0 Å². The standard InChI is InChI=1S/C24H24N2O2S/c1-15-21(24(28)26-17-7-4-3-5-8-17)22(16-11-13-18(29-2)14-12-16)23-19(25-15)9-6-10-20(23)27/h3-5,7-8,11-14,22,25H,6,9-10H2,1-2H3,(H,26,28)/t22-/m0/s1. The smallest absolute Gasteiger partial charge is 0.254 e. The van der Waals surface area contributed by atoms with Gasteiger partial charge in [0, 0.05) is 45.5 Å². The van der Waals surface area contributed by atoms with Crippen molar-refractivity contribution >= 4 is 29.1 Å². The van der Waals surface area contributed by atoms with E-state index < -0.39 is 0 Å². The lowest BCUT2D eigenvalue weighted by Gasteiger charge is -2.34. The van der Waals surface area contributed by atoms with E-state index in [0.717, 1.165) is 46.0 Å². The summed E-state index contributed by atoms with van der Waals surface area (Å²) in [5.41, 5.74) is 4.85. The van der Waals surface area contributed by atoms with Gasteiger partial charge in [-0.3, -0.25) is 9.59 Å². The minimum atomic E-state index is -0.348. The Hall–Kier alpha value is -2.79. The molecule has 2 aromatic rings. The average molecular weight is 405 g/mol. The number of amides is 1. The van der Waals surface area contributed by atoms with Gasteiger partial charge in [0.25, 0.3) is 5.91 Å². The van der Waals surface area contributed by atoms with Crippen LogP contribution in [0.2, 0.25) is 0 Å². The van der Waals surface area contributed by atoms with Gasteiger partial charge in [-0.15, -0.1) is 11.8 Å². The van der Waals surface area contributed by atoms with E-state index in [9.17, 15) is 9.59 Å². The lowest BCUT2D eigenvalue weighted by molar-refractivity contribution is -0.116. The molecule has 0 spiro atoms. The monoisotopic (exact) mass is 404 g/mol. The summed E-state index contributed by atoms with van der Waals surface area (Å²) in [6.07, 6.45) is 4.26. The lowest BCUT2D eigenvalue weighted by Crippen LogP contribution is -2.35. The van der Waals surface area contributed by atoms with Crippen molar-refractivity contribution in [3.8, 4) is 0 Å². The Morgan fingerprint density at radius 3 is 2.48 bits per heavy atom. The van der Waals surface area contributed by atoms with E-state index in [1.807, 2.05) is 55.6 Å². The van der Waals surface area contributed by atoms with Crippen molar-refractivity contribution in [3.05, 3.63) is 82.7 Å². The number of ketones is 1. The molecule has 0 bridgehead atoms. The van der Waals surface area contributed by atoms with Gasteiger partial charge >= 0.3 is 0 Å². The molecule has 29 heavy (non-hydrogen) atoms. The maximum Gasteiger partial charge on any atom is 0.254 e. The number of benzene rings is 2. The number of carbonyl (C=O) groups is 2. The summed E-state index contributed by atoms with van der Waals surface area (Å²) in [4.78, 5) is 27.4. The maximum absolute atomic E-state index is 13.3. The second kappa shape index (κ2) is 8.29. The predicted molar refractivity (Wildman–Crippen MR) is 118 cm³/mol. The zero-order chi connectivity index (χ0) is 20.4. The highest BCUT2D eigenvalue weighted by Crippen LogP contribution is 2.42. The fraction of sp³-hybridized carbons (Fsp3) is 0.250. The SMILES string of the molecule is CSc1ccc([C@H]2C(C(=O)Nc3ccccc3)=C(C)NC3=C2C(=O)CCC3)cc1. The first-order valence-corrected chi connectivity index (χ1v) is 11.1. The topological polar surface area (TPSA) is 58.2 Å². The van der Waals surface area contributed by atoms with Gasteiger partial charge in [-0.2, -0.15) is 0 Å². The van der Waals surface area contributed by atoms with E-state index >= 15 is 0 Å². The first kappa shape index (κ1) is 19.5. The predicted octanol–water partition coefficient (Wildman–Crippen LogP) is 5.02. The first-order valence-electron chi connectivity index (χ1n) is 9.83. The maximum atomic E-state index is 13.3. The molecule has 1 aliphatic heterocycles. The number of dihydropyridines is 1. The molecule has 0 fully saturated rings. The summed E-state index contributed by atoms with van der Waals surface area (Å²) in [6, 6.07) is 17.6. The molecular weight excluding hydrogens is 380 g/mol. The van der Waals surface area contributed by atoms with Gasteiger partial charge in [-0.1, -0.05) is 30.3 Å². The van der Waals surface area contributed by atoms with E-state index in [-0.39, 0.29) is 17.6 Å². The highest BCUT2D eigenvalue weighted by Gasteiger charge is 2.38. The third kappa shape index (κ3) is 3.87. The third-order valence-electron chi connectivity index (χ3n) is 5.50. The Balaban J connectivity index is 1.78. The molecule has 1 amide bonds. The summed E-state index contributed by atoms with van der Waals surface area (Å²) in [5.74, 6) is -0.390. The molecule has 0 unspecified atom stereocenters. The molecule has 148 valence electrons. The molecule has 2 aliphatic rings. The second-order valence-electron chi connectivity index (χ2n) is 7.36. The van der Waals surface area contributed by atoms with Crippen molar-refractivity contribution in [2.24, 2.45) is 0 Å². The summed E-state index contributed by atoms with van der Waals surface area (Å²) >= 11 is 1.67. The number of para-hydroxylation sites is 1. The zero-order valence-corrected chi connectivity index (χ0v) is 17.4. The van der Waals surface area contributed by atoms with Gasteiger partial charge in [0.1, 0.15) is 0 Å². The summed E-state index contributed by atoms with van der Waals surface area (Å²) in [7, 11) is 0. The molecule has 0 saturated heterocycles. The largest absolute Gasteiger partial charge is 0.362 e. The van der Waals surface area contributed by atoms with Crippen LogP contribution >= 0.6 is 11.8 Å². The highest BCUT2D eigenvalue weighted by molar-refractivity contribution is 7.98. The van der Waals surface area contributed by atoms with Crippen LogP contribution in [0.3, 0.4) is 0 Å². The van der Waals surface area contributed by atoms with E-state index in [1.165, 1.54) is 0 Å². The molecular formula is C24H24N2O2S. The van der Waals surface area contributed by atoms with Crippen LogP contribution in [0, 0.1) is 0 Å². The molecule has 1 atom stereocenters. The van der Waals surface area contributed by atoms with Crippen molar-refractivity contribution in [1.82, 2.24) is 5.32 Å². The molecule has 2 N–H and O–H groups in total. The Morgan fingerprint density at radius 2 is 1.79 bits per heavy atom. The van der Waals surface area contributed by atoms with Crippen LogP contribution in [-0.4, -0.2) is 17.9 Å². The van der Waals surface area contributed by atoms with Gasteiger partial charge in [0.05, 0.1) is 0 Å². The van der Waals surface area contributed by atoms with Crippen molar-refractivity contribution in [2.75, 3.05) is 11.6 Å². The minimum Gasteiger partial charge on any atom is -0.362 e. The van der Waals surface area contributed by atoms with E-state index in [0.29, 0.717) is 12.0 Å². The summed E-state index contributed by atoms with van der Waals surface area (Å²) in [6.45, 7) is 1.92. The molecule has 4 rings (SSSR count). The second-order valence-corrected chi connectivity index (χ2v) is 8.24. The number of hydrogen-bond acceptors (Lipinski definition) is 4. The molecule has 0 radical (unpaired) electrons. The van der Waals surface area contributed by atoms with Crippen LogP contribution < -0.4 is 10.6 Å². The molecule has 1 heterocycles. The number of Topliss-reactive ketones (excluding diaryl/α,β-unsaturated/α-hetero) is 1. The van der Waals surface area contributed by atoms with Crippen LogP contribution in [0.15, 0.2) is 82.0 Å². The van der Waals surface area contributed by atoms with E-state index in [4.69, 9.17) is 0 Å². The van der Waals surface area contributed by atoms with Gasteiger partial charge in [-0.05, 0) is 55.9 Å². The van der Waals surface area contributed by atoms with Crippen molar-refractivity contribution in [2.45, 2.75) is 37.0 Å². The van der Waals surface area contributed by atoms with Crippen LogP contribution in [0.1, 0.15) is 37.7 Å².